The summed E-state index contributed by atoms with van der Waals surface area (Å²) in [5.74, 6) is 0. The van der Waals surface area contributed by atoms with Gasteiger partial charge in [-0.05, 0) is 58.5 Å². The minimum Gasteiger partial charge on any atom is -0.444 e. The number of fused-ring (bicyclic) bond motifs is 1. The Kier molecular flexibility index (Phi) is 4.10. The topological polar surface area (TPSA) is 25.2 Å². The summed E-state index contributed by atoms with van der Waals surface area (Å²) >= 11 is 14.4. The third-order valence-corrected chi connectivity index (χ3v) is 4.47. The summed E-state index contributed by atoms with van der Waals surface area (Å²) in [4.78, 5) is 0. The quantitative estimate of drug-likeness (QED) is 0.532. The van der Waals surface area contributed by atoms with Crippen molar-refractivity contribution in [1.29, 1.82) is 0 Å². The Bertz CT molecular complexity index is 770. The maximum absolute atomic E-state index is 6.17. The molecule has 20 heavy (non-hydrogen) atoms. The number of rotatable bonds is 3. The van der Waals surface area contributed by atoms with E-state index >= 15 is 0 Å². The zero-order chi connectivity index (χ0) is 14.1. The van der Waals surface area contributed by atoms with Crippen LogP contribution in [0.2, 0.25) is 10.2 Å². The second kappa shape index (κ2) is 5.84. The molecule has 5 heteroatoms. The molecular formula is C15H10Cl2INO. The monoisotopic (exact) mass is 417 g/mol. The van der Waals surface area contributed by atoms with Gasteiger partial charge in [-0.1, -0.05) is 29.8 Å². The van der Waals surface area contributed by atoms with Gasteiger partial charge in [0, 0.05) is 31.8 Å². The molecule has 0 saturated heterocycles. The number of para-hydroxylation sites is 1. The van der Waals surface area contributed by atoms with Crippen molar-refractivity contribution >= 4 is 62.4 Å². The van der Waals surface area contributed by atoms with Gasteiger partial charge in [0.1, 0.15) is 5.58 Å². The van der Waals surface area contributed by atoms with Gasteiger partial charge in [0.25, 0.3) is 0 Å². The lowest BCUT2D eigenvalue weighted by Gasteiger charge is -2.08. The molecule has 1 heterocycles. The molecule has 0 atom stereocenters. The van der Waals surface area contributed by atoms with Crippen molar-refractivity contribution in [3.8, 4) is 0 Å². The molecular weight excluding hydrogens is 408 g/mol. The molecule has 0 aliphatic carbocycles. The van der Waals surface area contributed by atoms with E-state index in [9.17, 15) is 0 Å². The highest BCUT2D eigenvalue weighted by atomic mass is 127. The maximum Gasteiger partial charge on any atom is 0.199 e. The molecule has 1 aromatic heterocycles. The first-order valence-corrected chi connectivity index (χ1v) is 7.83. The van der Waals surface area contributed by atoms with E-state index in [1.807, 2.05) is 42.5 Å². The van der Waals surface area contributed by atoms with E-state index in [2.05, 4.69) is 27.9 Å². The van der Waals surface area contributed by atoms with E-state index in [1.165, 1.54) is 0 Å². The first-order valence-electron chi connectivity index (χ1n) is 6.00. The van der Waals surface area contributed by atoms with E-state index in [4.69, 9.17) is 27.6 Å². The Morgan fingerprint density at radius 2 is 1.90 bits per heavy atom. The van der Waals surface area contributed by atoms with Crippen LogP contribution in [-0.2, 0) is 6.54 Å². The fourth-order valence-corrected chi connectivity index (χ4v) is 3.36. The van der Waals surface area contributed by atoms with Gasteiger partial charge in [0.2, 0.25) is 0 Å². The normalized spacial score (nSPS) is 10.9. The molecule has 0 fully saturated rings. The lowest BCUT2D eigenvalue weighted by atomic mass is 10.2. The van der Waals surface area contributed by atoms with Gasteiger partial charge < -0.3 is 9.73 Å². The van der Waals surface area contributed by atoms with Crippen molar-refractivity contribution < 1.29 is 4.42 Å². The van der Waals surface area contributed by atoms with Crippen LogP contribution in [0.1, 0.15) is 5.56 Å². The van der Waals surface area contributed by atoms with E-state index < -0.39 is 0 Å². The number of hydrogen-bond donors (Lipinski definition) is 1. The van der Waals surface area contributed by atoms with Gasteiger partial charge in [-0.25, -0.2) is 0 Å². The highest BCUT2D eigenvalue weighted by Gasteiger charge is 2.12. The number of halogens is 3. The Balaban J connectivity index is 1.88. The van der Waals surface area contributed by atoms with Crippen molar-refractivity contribution in [2.45, 2.75) is 6.54 Å². The van der Waals surface area contributed by atoms with Gasteiger partial charge in [0.15, 0.2) is 5.22 Å². The summed E-state index contributed by atoms with van der Waals surface area (Å²) in [5, 5.41) is 5.56. The van der Waals surface area contributed by atoms with Gasteiger partial charge in [0.05, 0.1) is 0 Å². The summed E-state index contributed by atoms with van der Waals surface area (Å²) in [6.45, 7) is 0.605. The van der Waals surface area contributed by atoms with Crippen molar-refractivity contribution in [3.63, 3.8) is 0 Å². The summed E-state index contributed by atoms with van der Waals surface area (Å²) < 4.78 is 6.61. The molecule has 2 aromatic carbocycles. The zero-order valence-corrected chi connectivity index (χ0v) is 14.0. The van der Waals surface area contributed by atoms with Crippen LogP contribution >= 0.6 is 45.8 Å². The van der Waals surface area contributed by atoms with E-state index in [1.54, 1.807) is 0 Å². The third-order valence-electron chi connectivity index (χ3n) is 3.04. The van der Waals surface area contributed by atoms with Crippen LogP contribution in [0.25, 0.3) is 11.0 Å². The highest BCUT2D eigenvalue weighted by Crippen LogP contribution is 2.31. The molecule has 0 aliphatic heterocycles. The van der Waals surface area contributed by atoms with Crippen LogP contribution in [0.3, 0.4) is 0 Å². The smallest absolute Gasteiger partial charge is 0.199 e. The molecule has 0 aliphatic rings. The Labute approximate surface area is 140 Å². The molecule has 1 N–H and O–H groups in total. The first kappa shape index (κ1) is 14.0. The van der Waals surface area contributed by atoms with Gasteiger partial charge in [-0.3, -0.25) is 0 Å². The summed E-state index contributed by atoms with van der Waals surface area (Å²) in [6, 6.07) is 13.6. The van der Waals surface area contributed by atoms with E-state index in [0.717, 1.165) is 30.8 Å². The van der Waals surface area contributed by atoms with E-state index in [-0.39, 0.29) is 0 Å². The Morgan fingerprint density at radius 3 is 2.70 bits per heavy atom. The number of anilines is 1. The molecule has 102 valence electrons. The SMILES string of the molecule is Clc1ccc(NCc2c(Cl)oc3ccccc23)c(I)c1. The van der Waals surface area contributed by atoms with E-state index in [0.29, 0.717) is 11.8 Å². The first-order chi connectivity index (χ1) is 9.65. The van der Waals surface area contributed by atoms with Crippen LogP contribution in [-0.4, -0.2) is 0 Å². The molecule has 2 nitrogen and oxygen atoms in total. The van der Waals surface area contributed by atoms with Crippen molar-refractivity contribution in [1.82, 2.24) is 0 Å². The van der Waals surface area contributed by atoms with Gasteiger partial charge in [-0.15, -0.1) is 0 Å². The predicted molar refractivity (Wildman–Crippen MR) is 92.7 cm³/mol. The van der Waals surface area contributed by atoms with Crippen LogP contribution in [0.4, 0.5) is 5.69 Å². The van der Waals surface area contributed by atoms with Crippen molar-refractivity contribution in [2.75, 3.05) is 5.32 Å². The van der Waals surface area contributed by atoms with Crippen LogP contribution in [0, 0.1) is 3.57 Å². The fraction of sp³-hybridized carbons (Fsp3) is 0.0667. The number of nitrogens with one attached hydrogen (secondary N) is 1. The van der Waals surface area contributed by atoms with Gasteiger partial charge >= 0.3 is 0 Å². The molecule has 0 spiro atoms. The average molecular weight is 418 g/mol. The van der Waals surface area contributed by atoms with Crippen molar-refractivity contribution in [2.24, 2.45) is 0 Å². The van der Waals surface area contributed by atoms with Crippen LogP contribution in [0.15, 0.2) is 46.9 Å². The van der Waals surface area contributed by atoms with Crippen LogP contribution < -0.4 is 5.32 Å². The molecule has 0 saturated carbocycles. The Hall–Kier alpha value is -0.910. The Morgan fingerprint density at radius 1 is 1.10 bits per heavy atom. The standard InChI is InChI=1S/C15H10Cl2INO/c16-9-5-6-13(12(18)7-9)19-8-11-10-3-1-2-4-14(10)20-15(11)17/h1-7,19H,8H2. The fourth-order valence-electron chi connectivity index (χ4n) is 2.05. The minimum absolute atomic E-state index is 0.433. The van der Waals surface area contributed by atoms with Crippen LogP contribution in [0.5, 0.6) is 0 Å². The summed E-state index contributed by atoms with van der Waals surface area (Å²) in [5.41, 5.74) is 2.80. The van der Waals surface area contributed by atoms with Gasteiger partial charge in [-0.2, -0.15) is 0 Å². The largest absolute Gasteiger partial charge is 0.444 e. The molecule has 3 aromatic rings. The molecule has 0 bridgehead atoms. The molecule has 0 unspecified atom stereocenters. The average Bonchev–Trinajstić information content (AvgIpc) is 2.74. The summed E-state index contributed by atoms with van der Waals surface area (Å²) in [7, 11) is 0. The van der Waals surface area contributed by atoms with Crippen molar-refractivity contribution in [3.05, 3.63) is 61.8 Å². The number of hydrogen-bond acceptors (Lipinski definition) is 2. The summed E-state index contributed by atoms with van der Waals surface area (Å²) in [6.07, 6.45) is 0. The number of benzene rings is 2. The molecule has 0 amide bonds. The lowest BCUT2D eigenvalue weighted by Crippen LogP contribution is -2.00. The highest BCUT2D eigenvalue weighted by molar-refractivity contribution is 14.1. The predicted octanol–water partition coefficient (Wildman–Crippen LogP) is 5.96. The zero-order valence-electron chi connectivity index (χ0n) is 10.3. The maximum atomic E-state index is 6.17. The minimum atomic E-state index is 0.433. The lowest BCUT2D eigenvalue weighted by molar-refractivity contribution is 0.613. The number of furan rings is 1. The molecule has 3 rings (SSSR count). The second-order valence-corrected chi connectivity index (χ2v) is 6.27. The molecule has 0 radical (unpaired) electrons. The third kappa shape index (κ3) is 2.75. The second-order valence-electron chi connectivity index (χ2n) is 4.33.